The van der Waals surface area contributed by atoms with Gasteiger partial charge in [-0.25, -0.2) is 0 Å². The second kappa shape index (κ2) is 4.28. The van der Waals surface area contributed by atoms with E-state index in [-0.39, 0.29) is 34.4 Å². The van der Waals surface area contributed by atoms with E-state index in [1.807, 2.05) is 0 Å². The van der Waals surface area contributed by atoms with E-state index in [1.165, 1.54) is 0 Å². The molecule has 3 heteroatoms. The van der Waals surface area contributed by atoms with Crippen LogP contribution in [0.2, 0.25) is 0 Å². The zero-order chi connectivity index (χ0) is 15.6. The number of aliphatic hydroxyl groups excluding tert-OH is 1. The van der Waals surface area contributed by atoms with E-state index >= 15 is 0 Å². The number of rotatable bonds is 0. The molecule has 0 spiro atoms. The zero-order valence-corrected chi connectivity index (χ0v) is 13.5. The molecule has 3 rings (SSSR count). The standard InChI is InChI=1S/C18H26O3/c1-16(2)12-5-7-18(4)13(9-11(19)10-15(18)21)17(12,3)8-6-14(16)20/h9,12,15,21H,5-8,10H2,1-4H3/t12-,15+,17-,18+/m0/s1. The van der Waals surface area contributed by atoms with Crippen LogP contribution < -0.4 is 0 Å². The minimum Gasteiger partial charge on any atom is -0.392 e. The first-order valence-corrected chi connectivity index (χ1v) is 8.09. The number of aliphatic hydroxyl groups is 1. The second-order valence-corrected chi connectivity index (χ2v) is 8.32. The molecule has 0 bridgehead atoms. The maximum absolute atomic E-state index is 12.3. The Balaban J connectivity index is 2.13. The van der Waals surface area contributed by atoms with E-state index in [1.54, 1.807) is 6.08 Å². The fourth-order valence-electron chi connectivity index (χ4n) is 5.40. The van der Waals surface area contributed by atoms with Crippen molar-refractivity contribution in [1.29, 1.82) is 0 Å². The van der Waals surface area contributed by atoms with E-state index in [9.17, 15) is 14.7 Å². The second-order valence-electron chi connectivity index (χ2n) is 8.32. The Labute approximate surface area is 126 Å². The number of carbonyl (C=O) groups is 2. The third-order valence-electron chi connectivity index (χ3n) is 6.85. The van der Waals surface area contributed by atoms with E-state index in [0.29, 0.717) is 12.2 Å². The molecule has 0 aromatic heterocycles. The van der Waals surface area contributed by atoms with Crippen molar-refractivity contribution in [2.75, 3.05) is 0 Å². The molecule has 2 fully saturated rings. The smallest absolute Gasteiger partial charge is 0.158 e. The van der Waals surface area contributed by atoms with Crippen molar-refractivity contribution in [2.45, 2.75) is 65.9 Å². The Morgan fingerprint density at radius 1 is 1.10 bits per heavy atom. The zero-order valence-electron chi connectivity index (χ0n) is 13.5. The number of ketones is 2. The predicted octanol–water partition coefficient (Wildman–Crippen LogP) is 3.06. The van der Waals surface area contributed by atoms with Crippen molar-refractivity contribution in [2.24, 2.45) is 22.2 Å². The van der Waals surface area contributed by atoms with Crippen LogP contribution in [0.3, 0.4) is 0 Å². The molecule has 1 N–H and O–H groups in total. The molecule has 0 aliphatic heterocycles. The first-order valence-electron chi connectivity index (χ1n) is 8.09. The molecule has 0 aromatic rings. The summed E-state index contributed by atoms with van der Waals surface area (Å²) in [7, 11) is 0. The monoisotopic (exact) mass is 290 g/mol. The highest BCUT2D eigenvalue weighted by Gasteiger charge is 2.60. The van der Waals surface area contributed by atoms with E-state index < -0.39 is 6.10 Å². The molecule has 2 saturated carbocycles. The SMILES string of the molecule is CC1(C)C(=O)CC[C@]2(C)C3=CC(=O)C[C@@H](O)[C@]3(C)CC[C@@H]12. The molecule has 0 saturated heterocycles. The minimum absolute atomic E-state index is 0.0338. The molecule has 0 amide bonds. The quantitative estimate of drug-likeness (QED) is 0.746. The normalized spacial score (nSPS) is 45.7. The number of hydrogen-bond donors (Lipinski definition) is 1. The number of fused-ring (bicyclic) bond motifs is 3. The molecule has 3 aliphatic rings. The van der Waals surface area contributed by atoms with Crippen LogP contribution in [0.1, 0.15) is 59.8 Å². The molecule has 0 radical (unpaired) electrons. The Hall–Kier alpha value is -0.960. The summed E-state index contributed by atoms with van der Waals surface area (Å²) < 4.78 is 0. The lowest BCUT2D eigenvalue weighted by molar-refractivity contribution is -0.144. The summed E-state index contributed by atoms with van der Waals surface area (Å²) in [6, 6.07) is 0. The van der Waals surface area contributed by atoms with Gasteiger partial charge in [0.15, 0.2) is 5.78 Å². The van der Waals surface area contributed by atoms with E-state index in [0.717, 1.165) is 24.8 Å². The van der Waals surface area contributed by atoms with Gasteiger partial charge in [0.1, 0.15) is 5.78 Å². The highest BCUT2D eigenvalue weighted by molar-refractivity contribution is 5.93. The van der Waals surface area contributed by atoms with Crippen molar-refractivity contribution in [3.63, 3.8) is 0 Å². The maximum Gasteiger partial charge on any atom is 0.158 e. The molecular formula is C18H26O3. The molecule has 4 atom stereocenters. The Bertz CT molecular complexity index is 545. The van der Waals surface area contributed by atoms with Crippen molar-refractivity contribution in [1.82, 2.24) is 0 Å². The lowest BCUT2D eigenvalue weighted by Crippen LogP contribution is -2.57. The number of carbonyl (C=O) groups excluding carboxylic acids is 2. The number of Topliss-reactive ketones (excluding diaryl/α,β-unsaturated/α-hetero) is 1. The van der Waals surface area contributed by atoms with E-state index in [2.05, 4.69) is 27.7 Å². The Morgan fingerprint density at radius 2 is 1.76 bits per heavy atom. The van der Waals surface area contributed by atoms with Gasteiger partial charge in [0, 0.05) is 23.7 Å². The van der Waals surface area contributed by atoms with Crippen molar-refractivity contribution in [3.8, 4) is 0 Å². The predicted molar refractivity (Wildman–Crippen MR) is 80.7 cm³/mol. The molecular weight excluding hydrogens is 264 g/mol. The summed E-state index contributed by atoms with van der Waals surface area (Å²) in [5.41, 5.74) is 0.341. The van der Waals surface area contributed by atoms with Gasteiger partial charge in [-0.1, -0.05) is 33.3 Å². The topological polar surface area (TPSA) is 54.4 Å². The summed E-state index contributed by atoms with van der Waals surface area (Å²) in [5.74, 6) is 0.645. The van der Waals surface area contributed by atoms with Crippen LogP contribution in [0, 0.1) is 22.2 Å². The van der Waals surface area contributed by atoms with Crippen LogP contribution in [0.4, 0.5) is 0 Å². The molecule has 21 heavy (non-hydrogen) atoms. The first-order chi connectivity index (χ1) is 9.62. The van der Waals surface area contributed by atoms with Gasteiger partial charge in [-0.2, -0.15) is 0 Å². The molecule has 116 valence electrons. The average molecular weight is 290 g/mol. The van der Waals surface area contributed by atoms with Gasteiger partial charge >= 0.3 is 0 Å². The molecule has 3 nitrogen and oxygen atoms in total. The summed E-state index contributed by atoms with van der Waals surface area (Å²) >= 11 is 0. The Morgan fingerprint density at radius 3 is 2.43 bits per heavy atom. The highest BCUT2D eigenvalue weighted by atomic mass is 16.3. The first kappa shape index (κ1) is 15.0. The van der Waals surface area contributed by atoms with Crippen LogP contribution in [-0.2, 0) is 9.59 Å². The summed E-state index contributed by atoms with van der Waals surface area (Å²) in [4.78, 5) is 24.4. The van der Waals surface area contributed by atoms with Crippen molar-refractivity contribution >= 4 is 11.6 Å². The lowest BCUT2D eigenvalue weighted by Gasteiger charge is -2.60. The van der Waals surface area contributed by atoms with Gasteiger partial charge < -0.3 is 5.11 Å². The third-order valence-corrected chi connectivity index (χ3v) is 6.85. The third kappa shape index (κ3) is 1.82. The van der Waals surface area contributed by atoms with E-state index in [4.69, 9.17) is 0 Å². The average Bonchev–Trinajstić information content (AvgIpc) is 2.38. The molecule has 0 aromatic carbocycles. The highest BCUT2D eigenvalue weighted by Crippen LogP contribution is 2.64. The molecule has 3 aliphatic carbocycles. The van der Waals surface area contributed by atoms with Crippen molar-refractivity contribution < 1.29 is 14.7 Å². The summed E-state index contributed by atoms with van der Waals surface area (Å²) in [5, 5.41) is 10.5. The summed E-state index contributed by atoms with van der Waals surface area (Å²) in [6.07, 6.45) is 4.66. The fraction of sp³-hybridized carbons (Fsp3) is 0.778. The van der Waals surface area contributed by atoms with Crippen LogP contribution in [0.25, 0.3) is 0 Å². The largest absolute Gasteiger partial charge is 0.392 e. The molecule has 0 unspecified atom stereocenters. The fourth-order valence-corrected chi connectivity index (χ4v) is 5.40. The number of hydrogen-bond acceptors (Lipinski definition) is 3. The maximum atomic E-state index is 12.3. The van der Waals surface area contributed by atoms with Crippen LogP contribution in [0.5, 0.6) is 0 Å². The minimum atomic E-state index is -0.580. The van der Waals surface area contributed by atoms with Gasteiger partial charge in [0.05, 0.1) is 6.10 Å². The molecule has 0 heterocycles. The van der Waals surface area contributed by atoms with Crippen LogP contribution in [-0.4, -0.2) is 22.8 Å². The van der Waals surface area contributed by atoms with Crippen molar-refractivity contribution in [3.05, 3.63) is 11.6 Å². The summed E-state index contributed by atoms with van der Waals surface area (Å²) in [6.45, 7) is 8.42. The van der Waals surface area contributed by atoms with Gasteiger partial charge in [-0.15, -0.1) is 0 Å². The van der Waals surface area contributed by atoms with Crippen LogP contribution >= 0.6 is 0 Å². The van der Waals surface area contributed by atoms with Gasteiger partial charge in [0.25, 0.3) is 0 Å². The lowest BCUT2D eigenvalue weighted by atomic mass is 9.43. The van der Waals surface area contributed by atoms with Gasteiger partial charge in [0.2, 0.25) is 0 Å². The Kier molecular flexibility index (Phi) is 3.05. The number of allylic oxidation sites excluding steroid dienone is 1. The van der Waals surface area contributed by atoms with Gasteiger partial charge in [-0.05, 0) is 36.7 Å². The van der Waals surface area contributed by atoms with Crippen LogP contribution in [0.15, 0.2) is 11.6 Å². The van der Waals surface area contributed by atoms with Gasteiger partial charge in [-0.3, -0.25) is 9.59 Å².